The van der Waals surface area contributed by atoms with Gasteiger partial charge in [0.05, 0.1) is 5.92 Å². The number of nitrogens with one attached hydrogen (secondary N) is 1. The van der Waals surface area contributed by atoms with Gasteiger partial charge in [0.2, 0.25) is 0 Å². The van der Waals surface area contributed by atoms with Gasteiger partial charge in [0, 0.05) is 12.3 Å². The molecule has 1 aromatic rings. The summed E-state index contributed by atoms with van der Waals surface area (Å²) in [7, 11) is -3.36. The first-order valence-electron chi connectivity index (χ1n) is 7.06. The summed E-state index contributed by atoms with van der Waals surface area (Å²) in [5.74, 6) is -0.411. The molecule has 0 bridgehead atoms. The highest BCUT2D eigenvalue weighted by Gasteiger charge is 2.53. The van der Waals surface area contributed by atoms with Crippen molar-refractivity contribution < 1.29 is 18.3 Å². The smallest absolute Gasteiger partial charge is 0.307 e. The Morgan fingerprint density at radius 1 is 1.41 bits per heavy atom. The number of nitrogens with zero attached hydrogens (tertiary/aromatic N) is 2. The first-order chi connectivity index (χ1) is 10.0. The lowest BCUT2D eigenvalue weighted by Crippen LogP contribution is -2.54. The van der Waals surface area contributed by atoms with Crippen molar-refractivity contribution in [3.05, 3.63) is 12.1 Å². The highest BCUT2D eigenvalue weighted by atomic mass is 32.2. The third kappa shape index (κ3) is 3.06. The van der Waals surface area contributed by atoms with E-state index >= 15 is 0 Å². The van der Waals surface area contributed by atoms with E-state index in [2.05, 4.69) is 15.5 Å². The number of hydrogen-bond donors (Lipinski definition) is 2. The molecule has 1 aliphatic rings. The van der Waals surface area contributed by atoms with Crippen LogP contribution in [0, 0.1) is 17.3 Å². The standard InChI is InChI=1S/C14H21N3O4S/c1-8(9-7-10(13(18)19)14(9,2)3)15-11-5-6-12(17-16-11)22(4,20)21/h5-6,8-10H,7H2,1-4H3,(H,15,16)(H,18,19)/t8?,9-,10+/m0/s1. The zero-order valence-electron chi connectivity index (χ0n) is 13.1. The molecule has 0 radical (unpaired) electrons. The molecule has 8 heteroatoms. The molecule has 1 heterocycles. The molecule has 1 aromatic heterocycles. The second kappa shape index (κ2) is 5.49. The average molecular weight is 327 g/mol. The molecular formula is C14H21N3O4S. The number of carboxylic acids is 1. The minimum atomic E-state index is -3.36. The van der Waals surface area contributed by atoms with E-state index in [0.29, 0.717) is 12.2 Å². The van der Waals surface area contributed by atoms with Gasteiger partial charge in [0.25, 0.3) is 0 Å². The Bertz CT molecular complexity index is 670. The van der Waals surface area contributed by atoms with E-state index in [4.69, 9.17) is 5.11 Å². The second-order valence-corrected chi connectivity index (χ2v) is 8.48. The number of anilines is 1. The van der Waals surface area contributed by atoms with Gasteiger partial charge in [0.15, 0.2) is 14.9 Å². The number of rotatable bonds is 5. The number of carbonyl (C=O) groups is 1. The van der Waals surface area contributed by atoms with Crippen LogP contribution in [0.4, 0.5) is 5.82 Å². The van der Waals surface area contributed by atoms with Gasteiger partial charge in [-0.2, -0.15) is 0 Å². The van der Waals surface area contributed by atoms with Gasteiger partial charge in [-0.05, 0) is 36.8 Å². The average Bonchev–Trinajstić information content (AvgIpc) is 2.36. The summed E-state index contributed by atoms with van der Waals surface area (Å²) in [4.78, 5) is 11.2. The molecule has 22 heavy (non-hydrogen) atoms. The molecule has 7 nitrogen and oxygen atoms in total. The van der Waals surface area contributed by atoms with Crippen molar-refractivity contribution in [2.45, 2.75) is 38.3 Å². The number of carboxylic acid groups (broad SMARTS) is 1. The fraction of sp³-hybridized carbons (Fsp3) is 0.643. The third-order valence-electron chi connectivity index (χ3n) is 4.64. The quantitative estimate of drug-likeness (QED) is 0.841. The molecule has 1 fully saturated rings. The van der Waals surface area contributed by atoms with E-state index in [0.717, 1.165) is 6.26 Å². The maximum atomic E-state index is 11.3. The monoisotopic (exact) mass is 327 g/mol. The largest absolute Gasteiger partial charge is 0.481 e. The Morgan fingerprint density at radius 2 is 2.05 bits per heavy atom. The van der Waals surface area contributed by atoms with Crippen LogP contribution in [0.25, 0.3) is 0 Å². The third-order valence-corrected chi connectivity index (χ3v) is 5.62. The lowest BCUT2D eigenvalue weighted by Gasteiger charge is -2.52. The van der Waals surface area contributed by atoms with E-state index in [1.807, 2.05) is 20.8 Å². The Kier molecular flexibility index (Phi) is 4.16. The molecule has 1 unspecified atom stereocenters. The first kappa shape index (κ1) is 16.7. The van der Waals surface area contributed by atoms with Crippen LogP contribution >= 0.6 is 0 Å². The van der Waals surface area contributed by atoms with Crippen molar-refractivity contribution in [1.29, 1.82) is 0 Å². The maximum Gasteiger partial charge on any atom is 0.307 e. The van der Waals surface area contributed by atoms with Crippen LogP contribution in [0.5, 0.6) is 0 Å². The summed E-state index contributed by atoms with van der Waals surface area (Å²) in [5, 5.41) is 19.8. The van der Waals surface area contributed by atoms with Crippen LogP contribution in [-0.4, -0.2) is 42.0 Å². The van der Waals surface area contributed by atoms with Crippen molar-refractivity contribution >= 4 is 21.6 Å². The highest BCUT2D eigenvalue weighted by molar-refractivity contribution is 7.90. The highest BCUT2D eigenvalue weighted by Crippen LogP contribution is 2.53. The first-order valence-corrected chi connectivity index (χ1v) is 8.95. The topological polar surface area (TPSA) is 109 Å². The molecule has 2 N–H and O–H groups in total. The van der Waals surface area contributed by atoms with Gasteiger partial charge in [-0.25, -0.2) is 8.42 Å². The van der Waals surface area contributed by atoms with Crippen LogP contribution < -0.4 is 5.32 Å². The van der Waals surface area contributed by atoms with Crippen molar-refractivity contribution in [1.82, 2.24) is 10.2 Å². The van der Waals surface area contributed by atoms with Crippen molar-refractivity contribution in [3.8, 4) is 0 Å². The summed E-state index contributed by atoms with van der Waals surface area (Å²) in [6.07, 6.45) is 1.70. The van der Waals surface area contributed by atoms with Gasteiger partial charge in [-0.3, -0.25) is 4.79 Å². The molecule has 3 atom stereocenters. The fourth-order valence-corrected chi connectivity index (χ4v) is 3.66. The van der Waals surface area contributed by atoms with Gasteiger partial charge >= 0.3 is 5.97 Å². The van der Waals surface area contributed by atoms with E-state index < -0.39 is 15.8 Å². The Hall–Kier alpha value is -1.70. The Balaban J connectivity index is 2.04. The van der Waals surface area contributed by atoms with Crippen molar-refractivity contribution in [2.75, 3.05) is 11.6 Å². The van der Waals surface area contributed by atoms with Gasteiger partial charge in [-0.1, -0.05) is 13.8 Å². The summed E-state index contributed by atoms with van der Waals surface area (Å²) in [6, 6.07) is 2.99. The molecule has 0 saturated heterocycles. The van der Waals surface area contributed by atoms with Crippen LogP contribution in [0.1, 0.15) is 27.2 Å². The van der Waals surface area contributed by atoms with Crippen LogP contribution in [-0.2, 0) is 14.6 Å². The Labute approximate surface area is 130 Å². The van der Waals surface area contributed by atoms with E-state index in [1.54, 1.807) is 6.07 Å². The Morgan fingerprint density at radius 3 is 2.45 bits per heavy atom. The number of sulfone groups is 1. The van der Waals surface area contributed by atoms with Gasteiger partial charge in [0.1, 0.15) is 5.82 Å². The molecule has 0 amide bonds. The van der Waals surface area contributed by atoms with E-state index in [1.165, 1.54) is 6.07 Å². The molecule has 1 aliphatic carbocycles. The van der Waals surface area contributed by atoms with Crippen LogP contribution in [0.15, 0.2) is 17.2 Å². The SMILES string of the molecule is CC(Nc1ccc(S(C)(=O)=O)nn1)[C@@H]1C[C@H](C(=O)O)C1(C)C. The second-order valence-electron chi connectivity index (χ2n) is 6.52. The van der Waals surface area contributed by atoms with E-state index in [9.17, 15) is 13.2 Å². The minimum absolute atomic E-state index is 0.0176. The van der Waals surface area contributed by atoms with Gasteiger partial charge in [-0.15, -0.1) is 10.2 Å². The van der Waals surface area contributed by atoms with Gasteiger partial charge < -0.3 is 10.4 Å². The molecule has 1 saturated carbocycles. The molecule has 0 aromatic carbocycles. The lowest BCUT2D eigenvalue weighted by molar-refractivity contribution is -0.159. The molecule has 2 rings (SSSR count). The molecule has 122 valence electrons. The predicted octanol–water partition coefficient (Wildman–Crippen LogP) is 1.43. The zero-order chi connectivity index (χ0) is 16.7. The number of hydrogen-bond acceptors (Lipinski definition) is 6. The number of aromatic nitrogens is 2. The number of aliphatic carboxylic acids is 1. The summed E-state index contributed by atoms with van der Waals surface area (Å²) < 4.78 is 22.7. The zero-order valence-corrected chi connectivity index (χ0v) is 13.9. The summed E-state index contributed by atoms with van der Waals surface area (Å²) in [6.45, 7) is 5.88. The summed E-state index contributed by atoms with van der Waals surface area (Å²) in [5.41, 5.74) is -0.293. The normalized spacial score (nSPS) is 25.1. The summed E-state index contributed by atoms with van der Waals surface area (Å²) >= 11 is 0. The van der Waals surface area contributed by atoms with Crippen LogP contribution in [0.3, 0.4) is 0 Å². The lowest BCUT2D eigenvalue weighted by atomic mass is 9.53. The van der Waals surface area contributed by atoms with E-state index in [-0.39, 0.29) is 28.3 Å². The fourth-order valence-electron chi connectivity index (χ4n) is 3.16. The minimum Gasteiger partial charge on any atom is -0.481 e. The molecule has 0 aliphatic heterocycles. The predicted molar refractivity (Wildman–Crippen MR) is 81.2 cm³/mol. The van der Waals surface area contributed by atoms with Crippen molar-refractivity contribution in [2.24, 2.45) is 17.3 Å². The maximum absolute atomic E-state index is 11.3. The van der Waals surface area contributed by atoms with Crippen molar-refractivity contribution in [3.63, 3.8) is 0 Å². The van der Waals surface area contributed by atoms with Crippen LogP contribution in [0.2, 0.25) is 0 Å². The molecule has 0 spiro atoms. The molecular weight excluding hydrogens is 306 g/mol.